The fourth-order valence-corrected chi connectivity index (χ4v) is 3.93. The third-order valence-electron chi connectivity index (χ3n) is 3.70. The van der Waals surface area contributed by atoms with Gasteiger partial charge in [-0.05, 0) is 43.6 Å². The number of halogens is 1. The predicted octanol–water partition coefficient (Wildman–Crippen LogP) is 5.08. The maximum absolute atomic E-state index is 12.5. The van der Waals surface area contributed by atoms with E-state index >= 15 is 0 Å². The molecule has 0 spiro atoms. The molecular weight excluding hydrogens is 330 g/mol. The molecule has 0 bridgehead atoms. The van der Waals surface area contributed by atoms with Crippen molar-refractivity contribution in [3.63, 3.8) is 0 Å². The molecule has 4 heteroatoms. The largest absolute Gasteiger partial charge is 0.289 e. The van der Waals surface area contributed by atoms with Gasteiger partial charge in [0.05, 0.1) is 5.02 Å². The Morgan fingerprint density at radius 1 is 0.833 bits per heavy atom. The van der Waals surface area contributed by atoms with Crippen LogP contribution in [0.1, 0.15) is 15.9 Å². The van der Waals surface area contributed by atoms with Crippen molar-refractivity contribution in [1.82, 2.24) is 0 Å². The van der Waals surface area contributed by atoms with E-state index in [1.807, 2.05) is 49.4 Å². The van der Waals surface area contributed by atoms with E-state index in [1.54, 1.807) is 6.07 Å². The maximum atomic E-state index is 12.5. The summed E-state index contributed by atoms with van der Waals surface area (Å²) in [6, 6.07) is 23.9. The molecule has 0 amide bonds. The predicted molar refractivity (Wildman–Crippen MR) is 106 cm³/mol. The van der Waals surface area contributed by atoms with E-state index in [0.29, 0.717) is 10.6 Å². The van der Waals surface area contributed by atoms with E-state index < -0.39 is 0 Å². The van der Waals surface area contributed by atoms with Crippen LogP contribution in [0.2, 0.25) is 5.02 Å². The van der Waals surface area contributed by atoms with Gasteiger partial charge < -0.3 is 0 Å². The standard InChI is InChI=1S/C20H16ClOP.Li/c1-14-6-5-9-18(21)19(14)20(22)23-17-12-10-16(11-13-17)15-7-3-2-4-8-15;/h2-13,23H,1H3;. The summed E-state index contributed by atoms with van der Waals surface area (Å²) in [5.74, 6) is 0. The fraction of sp³-hybridized carbons (Fsp3) is 0.0500. The van der Waals surface area contributed by atoms with Crippen LogP contribution in [0.15, 0.2) is 72.8 Å². The molecule has 1 atom stereocenters. The Balaban J connectivity index is 0.00000208. The van der Waals surface area contributed by atoms with Gasteiger partial charge in [-0.1, -0.05) is 78.3 Å². The summed E-state index contributed by atoms with van der Waals surface area (Å²) in [5, 5.41) is 1.55. The van der Waals surface area contributed by atoms with Gasteiger partial charge in [0, 0.05) is 24.4 Å². The molecule has 1 unspecified atom stereocenters. The Hall–Kier alpha value is -1.35. The molecule has 0 aliphatic rings. The second kappa shape index (κ2) is 8.66. The Labute approximate surface area is 161 Å². The minimum Gasteiger partial charge on any atom is -0.289 e. The van der Waals surface area contributed by atoms with E-state index in [0.717, 1.165) is 16.4 Å². The third kappa shape index (κ3) is 4.38. The Kier molecular flexibility index (Phi) is 6.85. The second-order valence-corrected chi connectivity index (χ2v) is 7.02. The van der Waals surface area contributed by atoms with Crippen molar-refractivity contribution in [2.24, 2.45) is 0 Å². The van der Waals surface area contributed by atoms with Crippen LogP contribution < -0.4 is 5.30 Å². The van der Waals surface area contributed by atoms with Crippen molar-refractivity contribution in [3.8, 4) is 11.1 Å². The van der Waals surface area contributed by atoms with Gasteiger partial charge in [-0.3, -0.25) is 4.79 Å². The van der Waals surface area contributed by atoms with E-state index in [9.17, 15) is 4.79 Å². The third-order valence-corrected chi connectivity index (χ3v) is 5.11. The minimum atomic E-state index is 0. The monoisotopic (exact) mass is 345 g/mol. The van der Waals surface area contributed by atoms with Crippen molar-refractivity contribution in [1.29, 1.82) is 0 Å². The molecular formula is C20H16ClLiOP. The zero-order valence-corrected chi connectivity index (χ0v) is 15.5. The van der Waals surface area contributed by atoms with Crippen LogP contribution in [-0.4, -0.2) is 24.4 Å². The van der Waals surface area contributed by atoms with Gasteiger partial charge in [0.1, 0.15) is 0 Å². The maximum Gasteiger partial charge on any atom is 0.187 e. The fourth-order valence-electron chi connectivity index (χ4n) is 2.49. The first kappa shape index (κ1) is 19.0. The summed E-state index contributed by atoms with van der Waals surface area (Å²) < 4.78 is 0. The van der Waals surface area contributed by atoms with Gasteiger partial charge in [0.15, 0.2) is 5.52 Å². The second-order valence-electron chi connectivity index (χ2n) is 5.33. The topological polar surface area (TPSA) is 17.1 Å². The molecule has 0 aliphatic carbocycles. The summed E-state index contributed by atoms with van der Waals surface area (Å²) in [7, 11) is 0.0792. The van der Waals surface area contributed by atoms with Gasteiger partial charge in [-0.15, -0.1) is 0 Å². The van der Waals surface area contributed by atoms with E-state index in [1.165, 1.54) is 5.56 Å². The molecule has 1 nitrogen and oxygen atoms in total. The molecule has 0 aliphatic heterocycles. The molecule has 3 aromatic carbocycles. The smallest absolute Gasteiger partial charge is 0.187 e. The van der Waals surface area contributed by atoms with Crippen molar-refractivity contribution < 1.29 is 4.79 Å². The van der Waals surface area contributed by atoms with Gasteiger partial charge in [-0.25, -0.2) is 0 Å². The normalized spacial score (nSPS) is 10.6. The summed E-state index contributed by atoms with van der Waals surface area (Å²) in [6.45, 7) is 1.92. The molecule has 24 heavy (non-hydrogen) atoms. The van der Waals surface area contributed by atoms with Crippen LogP contribution in [0, 0.1) is 6.92 Å². The zero-order valence-electron chi connectivity index (χ0n) is 13.7. The first-order chi connectivity index (χ1) is 11.1. The van der Waals surface area contributed by atoms with Crippen LogP contribution in [0.3, 0.4) is 0 Å². The first-order valence-corrected chi connectivity index (χ1v) is 8.75. The number of carbonyl (C=O) groups is 1. The van der Waals surface area contributed by atoms with Crippen LogP contribution in [-0.2, 0) is 0 Å². The van der Waals surface area contributed by atoms with Crippen LogP contribution >= 0.6 is 20.2 Å². The molecule has 3 aromatic rings. The van der Waals surface area contributed by atoms with Gasteiger partial charge >= 0.3 is 0 Å². The van der Waals surface area contributed by atoms with E-state index in [4.69, 9.17) is 11.6 Å². The number of benzene rings is 3. The van der Waals surface area contributed by atoms with Crippen LogP contribution in [0.25, 0.3) is 11.1 Å². The number of aryl methyl sites for hydroxylation is 1. The summed E-state index contributed by atoms with van der Waals surface area (Å²) in [6.07, 6.45) is 0. The van der Waals surface area contributed by atoms with E-state index in [2.05, 4.69) is 24.3 Å². The average molecular weight is 346 g/mol. The molecule has 0 saturated heterocycles. The molecule has 115 valence electrons. The number of rotatable bonds is 4. The summed E-state index contributed by atoms with van der Waals surface area (Å²) >= 11 is 6.18. The molecule has 0 aromatic heterocycles. The van der Waals surface area contributed by atoms with Gasteiger partial charge in [0.2, 0.25) is 0 Å². The van der Waals surface area contributed by atoms with Crippen molar-refractivity contribution in [2.45, 2.75) is 6.92 Å². The molecule has 1 radical (unpaired) electrons. The molecule has 3 rings (SSSR count). The molecule has 0 fully saturated rings. The van der Waals surface area contributed by atoms with Crippen molar-refractivity contribution in [3.05, 3.63) is 88.9 Å². The first-order valence-electron chi connectivity index (χ1n) is 7.37. The number of hydrogen-bond acceptors (Lipinski definition) is 1. The quantitative estimate of drug-likeness (QED) is 0.476. The average Bonchev–Trinajstić information content (AvgIpc) is 2.56. The summed E-state index contributed by atoms with van der Waals surface area (Å²) in [4.78, 5) is 12.5. The van der Waals surface area contributed by atoms with Crippen molar-refractivity contribution in [2.75, 3.05) is 0 Å². The molecule has 0 saturated carbocycles. The Morgan fingerprint density at radius 2 is 1.46 bits per heavy atom. The van der Waals surface area contributed by atoms with Gasteiger partial charge in [0.25, 0.3) is 0 Å². The number of hydrogen-bond donors (Lipinski definition) is 0. The van der Waals surface area contributed by atoms with Crippen molar-refractivity contribution >= 4 is 49.9 Å². The Morgan fingerprint density at radius 3 is 2.08 bits per heavy atom. The molecule has 0 N–H and O–H groups in total. The van der Waals surface area contributed by atoms with Gasteiger partial charge in [-0.2, -0.15) is 0 Å². The van der Waals surface area contributed by atoms with E-state index in [-0.39, 0.29) is 33.0 Å². The van der Waals surface area contributed by atoms with Crippen LogP contribution in [0.5, 0.6) is 0 Å². The number of carbonyl (C=O) groups excluding carboxylic acids is 1. The minimum absolute atomic E-state index is 0. The SMILES string of the molecule is Cc1cccc(Cl)c1C(=O)Pc1ccc(-c2ccccc2)cc1.[Li]. The van der Waals surface area contributed by atoms with Crippen LogP contribution in [0.4, 0.5) is 0 Å². The Bertz CT molecular complexity index is 812. The molecule has 0 heterocycles. The zero-order chi connectivity index (χ0) is 16.2. The summed E-state index contributed by atoms with van der Waals surface area (Å²) in [5.41, 5.74) is 3.98.